The largest absolute Gasteiger partial charge is 0.469 e. The van der Waals surface area contributed by atoms with Crippen molar-refractivity contribution >= 4 is 5.97 Å². The van der Waals surface area contributed by atoms with Crippen LogP contribution in [0, 0.1) is 0 Å². The first-order chi connectivity index (χ1) is 7.72. The first-order valence-electron chi connectivity index (χ1n) is 5.56. The second-order valence-corrected chi connectivity index (χ2v) is 4.24. The number of carbonyl (C=O) groups is 1. The molecule has 0 bridgehead atoms. The summed E-state index contributed by atoms with van der Waals surface area (Å²) in [5.74, 6) is -0.161. The molecule has 1 aliphatic rings. The van der Waals surface area contributed by atoms with Crippen LogP contribution in [0.1, 0.15) is 24.0 Å². The highest BCUT2D eigenvalue weighted by Crippen LogP contribution is 2.39. The maximum absolute atomic E-state index is 11.5. The summed E-state index contributed by atoms with van der Waals surface area (Å²) >= 11 is 0. The lowest BCUT2D eigenvalue weighted by Crippen LogP contribution is -2.40. The van der Waals surface area contributed by atoms with Crippen molar-refractivity contribution in [3.63, 3.8) is 0 Å². The molecule has 1 atom stereocenters. The van der Waals surface area contributed by atoms with Crippen molar-refractivity contribution in [3.8, 4) is 0 Å². The Morgan fingerprint density at radius 2 is 2.25 bits per heavy atom. The highest BCUT2D eigenvalue weighted by molar-refractivity contribution is 5.71. The van der Waals surface area contributed by atoms with Gasteiger partial charge in [-0.05, 0) is 31.0 Å². The zero-order chi connectivity index (χ0) is 11.6. The van der Waals surface area contributed by atoms with Gasteiger partial charge in [0.05, 0.1) is 19.1 Å². The van der Waals surface area contributed by atoms with Gasteiger partial charge in [0, 0.05) is 0 Å². The highest BCUT2D eigenvalue weighted by Gasteiger charge is 2.39. The van der Waals surface area contributed by atoms with Gasteiger partial charge in [-0.1, -0.05) is 24.3 Å². The molecule has 0 saturated heterocycles. The van der Waals surface area contributed by atoms with Crippen LogP contribution >= 0.6 is 0 Å². The molecule has 0 aliphatic heterocycles. The standard InChI is InChI=1S/C13H17NO2/c1-14-13(9-12(15)16-2)8-7-10-5-3-4-6-11(10)13/h3-6,14H,7-9H2,1-2H3. The maximum atomic E-state index is 11.5. The van der Waals surface area contributed by atoms with E-state index in [0.717, 1.165) is 12.8 Å². The van der Waals surface area contributed by atoms with Gasteiger partial charge in [-0.15, -0.1) is 0 Å². The van der Waals surface area contributed by atoms with E-state index in [1.165, 1.54) is 18.2 Å². The van der Waals surface area contributed by atoms with Crippen molar-refractivity contribution < 1.29 is 9.53 Å². The van der Waals surface area contributed by atoms with Crippen LogP contribution in [0.15, 0.2) is 24.3 Å². The molecule has 16 heavy (non-hydrogen) atoms. The number of esters is 1. The summed E-state index contributed by atoms with van der Waals surface area (Å²) in [6.07, 6.45) is 2.38. The van der Waals surface area contributed by atoms with Gasteiger partial charge in [-0.25, -0.2) is 0 Å². The summed E-state index contributed by atoms with van der Waals surface area (Å²) in [5, 5.41) is 3.30. The summed E-state index contributed by atoms with van der Waals surface area (Å²) in [6, 6.07) is 8.30. The van der Waals surface area contributed by atoms with Crippen LogP contribution in [-0.2, 0) is 21.5 Å². The van der Waals surface area contributed by atoms with E-state index in [-0.39, 0.29) is 11.5 Å². The molecule has 0 spiro atoms. The van der Waals surface area contributed by atoms with Gasteiger partial charge in [0.25, 0.3) is 0 Å². The van der Waals surface area contributed by atoms with E-state index in [1.807, 2.05) is 19.2 Å². The summed E-state index contributed by atoms with van der Waals surface area (Å²) < 4.78 is 4.78. The Morgan fingerprint density at radius 1 is 1.50 bits per heavy atom. The smallest absolute Gasteiger partial charge is 0.307 e. The van der Waals surface area contributed by atoms with Crippen LogP contribution in [0.2, 0.25) is 0 Å². The Bertz CT molecular complexity index is 403. The molecule has 2 rings (SSSR count). The van der Waals surface area contributed by atoms with Crippen LogP contribution < -0.4 is 5.32 Å². The van der Waals surface area contributed by atoms with Gasteiger partial charge in [-0.2, -0.15) is 0 Å². The van der Waals surface area contributed by atoms with E-state index in [2.05, 4.69) is 17.4 Å². The lowest BCUT2D eigenvalue weighted by atomic mass is 9.88. The van der Waals surface area contributed by atoms with Crippen molar-refractivity contribution in [3.05, 3.63) is 35.4 Å². The summed E-state index contributed by atoms with van der Waals surface area (Å²) in [4.78, 5) is 11.5. The topological polar surface area (TPSA) is 38.3 Å². The molecule has 1 aromatic rings. The molecule has 0 fully saturated rings. The van der Waals surface area contributed by atoms with Gasteiger partial charge in [-0.3, -0.25) is 4.79 Å². The zero-order valence-electron chi connectivity index (χ0n) is 9.75. The minimum atomic E-state index is -0.232. The molecule has 3 nitrogen and oxygen atoms in total. The maximum Gasteiger partial charge on any atom is 0.307 e. The normalized spacial score (nSPS) is 22.9. The minimum Gasteiger partial charge on any atom is -0.469 e. The number of methoxy groups -OCH3 is 1. The molecule has 1 aliphatic carbocycles. The number of nitrogens with one attached hydrogen (secondary N) is 1. The van der Waals surface area contributed by atoms with Gasteiger partial charge in [0.1, 0.15) is 0 Å². The van der Waals surface area contributed by atoms with Crippen molar-refractivity contribution in [2.75, 3.05) is 14.2 Å². The number of carbonyl (C=O) groups excluding carboxylic acids is 1. The fourth-order valence-corrected chi connectivity index (χ4v) is 2.54. The number of benzene rings is 1. The van der Waals surface area contributed by atoms with Crippen molar-refractivity contribution in [2.24, 2.45) is 0 Å². The van der Waals surface area contributed by atoms with Crippen molar-refractivity contribution in [1.29, 1.82) is 0 Å². The second kappa shape index (κ2) is 4.26. The summed E-state index contributed by atoms with van der Waals surface area (Å²) in [7, 11) is 3.34. The third kappa shape index (κ3) is 1.71. The number of fused-ring (bicyclic) bond motifs is 1. The Morgan fingerprint density at radius 3 is 2.94 bits per heavy atom. The predicted octanol–water partition coefficient (Wildman–Crippen LogP) is 1.61. The van der Waals surface area contributed by atoms with E-state index in [1.54, 1.807) is 0 Å². The fourth-order valence-electron chi connectivity index (χ4n) is 2.54. The first kappa shape index (κ1) is 11.1. The number of aryl methyl sites for hydroxylation is 1. The van der Waals surface area contributed by atoms with Gasteiger partial charge >= 0.3 is 5.97 Å². The fraction of sp³-hybridized carbons (Fsp3) is 0.462. The molecule has 0 aromatic heterocycles. The Hall–Kier alpha value is -1.35. The van der Waals surface area contributed by atoms with Gasteiger partial charge < -0.3 is 10.1 Å². The molecule has 3 heteroatoms. The minimum absolute atomic E-state index is 0.161. The lowest BCUT2D eigenvalue weighted by Gasteiger charge is -2.28. The molecule has 0 heterocycles. The van der Waals surface area contributed by atoms with Gasteiger partial charge in [0.2, 0.25) is 0 Å². The van der Waals surface area contributed by atoms with Crippen LogP contribution in [0.3, 0.4) is 0 Å². The van der Waals surface area contributed by atoms with Crippen LogP contribution in [-0.4, -0.2) is 20.1 Å². The molecular formula is C13H17NO2. The molecule has 0 amide bonds. The third-order valence-corrected chi connectivity index (χ3v) is 3.51. The monoisotopic (exact) mass is 219 g/mol. The molecule has 86 valence electrons. The number of ether oxygens (including phenoxy) is 1. The zero-order valence-corrected chi connectivity index (χ0v) is 9.75. The predicted molar refractivity (Wildman–Crippen MR) is 62.1 cm³/mol. The Labute approximate surface area is 95.8 Å². The van der Waals surface area contributed by atoms with Crippen molar-refractivity contribution in [1.82, 2.24) is 5.32 Å². The molecule has 0 radical (unpaired) electrons. The van der Waals surface area contributed by atoms with E-state index in [0.29, 0.717) is 6.42 Å². The van der Waals surface area contributed by atoms with E-state index in [4.69, 9.17) is 4.74 Å². The number of rotatable bonds is 3. The van der Waals surface area contributed by atoms with Crippen molar-refractivity contribution in [2.45, 2.75) is 24.8 Å². The second-order valence-electron chi connectivity index (χ2n) is 4.24. The number of hydrogen-bond acceptors (Lipinski definition) is 3. The quantitative estimate of drug-likeness (QED) is 0.785. The average molecular weight is 219 g/mol. The lowest BCUT2D eigenvalue weighted by molar-refractivity contribution is -0.142. The Balaban J connectivity index is 2.34. The van der Waals surface area contributed by atoms with Crippen LogP contribution in [0.25, 0.3) is 0 Å². The molecule has 1 N–H and O–H groups in total. The Kier molecular flexibility index (Phi) is 2.97. The molecular weight excluding hydrogens is 202 g/mol. The molecule has 1 unspecified atom stereocenters. The average Bonchev–Trinajstić information content (AvgIpc) is 2.69. The SMILES string of the molecule is CNC1(CC(=O)OC)CCc2ccccc21. The van der Waals surface area contributed by atoms with Gasteiger partial charge in [0.15, 0.2) is 0 Å². The summed E-state index contributed by atoms with van der Waals surface area (Å²) in [5.41, 5.74) is 2.34. The number of hydrogen-bond donors (Lipinski definition) is 1. The van der Waals surface area contributed by atoms with Crippen LogP contribution in [0.5, 0.6) is 0 Å². The van der Waals surface area contributed by atoms with E-state index < -0.39 is 0 Å². The summed E-state index contributed by atoms with van der Waals surface area (Å²) in [6.45, 7) is 0. The molecule has 0 saturated carbocycles. The van der Waals surface area contributed by atoms with Crippen LogP contribution in [0.4, 0.5) is 0 Å². The first-order valence-corrected chi connectivity index (χ1v) is 5.56. The van der Waals surface area contributed by atoms with E-state index in [9.17, 15) is 4.79 Å². The third-order valence-electron chi connectivity index (χ3n) is 3.51. The highest BCUT2D eigenvalue weighted by atomic mass is 16.5. The molecule has 1 aromatic carbocycles. The van der Waals surface area contributed by atoms with E-state index >= 15 is 0 Å².